The van der Waals surface area contributed by atoms with Crippen LogP contribution in [0.3, 0.4) is 0 Å². The molecule has 19 heavy (non-hydrogen) atoms. The summed E-state index contributed by atoms with van der Waals surface area (Å²) in [5, 5.41) is 3.54. The minimum atomic E-state index is -0.0938. The molecule has 5 heteroatoms. The lowest BCUT2D eigenvalue weighted by Gasteiger charge is -2.44. The Balaban J connectivity index is 1.71. The van der Waals surface area contributed by atoms with Crippen molar-refractivity contribution < 1.29 is 4.79 Å². The second kappa shape index (κ2) is 5.02. The molecule has 0 aliphatic carbocycles. The van der Waals surface area contributed by atoms with E-state index in [1.807, 2.05) is 0 Å². The summed E-state index contributed by atoms with van der Waals surface area (Å²) in [5.41, 5.74) is 6.72. The summed E-state index contributed by atoms with van der Waals surface area (Å²) in [4.78, 5) is 14.7. The van der Waals surface area contributed by atoms with Gasteiger partial charge in [0.05, 0.1) is 10.6 Å². The zero-order valence-electron chi connectivity index (χ0n) is 10.7. The number of carbonyl (C=O) groups is 1. The van der Waals surface area contributed by atoms with Gasteiger partial charge in [0, 0.05) is 18.3 Å². The molecule has 3 N–H and O–H groups in total. The van der Waals surface area contributed by atoms with Gasteiger partial charge in [0.1, 0.15) is 0 Å². The van der Waals surface area contributed by atoms with E-state index in [1.165, 1.54) is 25.9 Å². The molecule has 0 saturated carbocycles. The number of anilines is 1. The number of carbonyl (C=O) groups excluding carboxylic acids is 1. The predicted molar refractivity (Wildman–Crippen MR) is 76.3 cm³/mol. The Morgan fingerprint density at radius 1 is 1.37 bits per heavy atom. The van der Waals surface area contributed by atoms with E-state index in [-0.39, 0.29) is 11.9 Å². The van der Waals surface area contributed by atoms with Gasteiger partial charge in [-0.2, -0.15) is 0 Å². The first-order valence-corrected chi connectivity index (χ1v) is 7.09. The summed E-state index contributed by atoms with van der Waals surface area (Å²) in [6, 6.07) is 5.27. The van der Waals surface area contributed by atoms with Crippen LogP contribution in [0.15, 0.2) is 18.2 Å². The van der Waals surface area contributed by atoms with Crippen LogP contribution in [0.2, 0.25) is 5.02 Å². The van der Waals surface area contributed by atoms with Crippen molar-refractivity contribution in [1.82, 2.24) is 10.2 Å². The molecule has 3 aliphatic rings. The van der Waals surface area contributed by atoms with E-state index in [0.717, 1.165) is 6.54 Å². The first-order valence-electron chi connectivity index (χ1n) is 6.72. The minimum Gasteiger partial charge on any atom is -0.399 e. The zero-order chi connectivity index (χ0) is 13.4. The normalized spacial score (nSPS) is 29.2. The number of hydrogen-bond acceptors (Lipinski definition) is 3. The second-order valence-electron chi connectivity index (χ2n) is 5.46. The number of piperidine rings is 3. The molecule has 3 saturated heterocycles. The third-order valence-corrected chi connectivity index (χ3v) is 4.52. The number of rotatable bonds is 2. The Bertz CT molecular complexity index is 497. The van der Waals surface area contributed by atoms with Crippen LogP contribution in [0.4, 0.5) is 5.69 Å². The van der Waals surface area contributed by atoms with Crippen LogP contribution in [0.1, 0.15) is 23.2 Å². The number of amides is 1. The molecule has 3 aliphatic heterocycles. The van der Waals surface area contributed by atoms with Crippen molar-refractivity contribution >= 4 is 23.2 Å². The van der Waals surface area contributed by atoms with Crippen molar-refractivity contribution in [1.29, 1.82) is 0 Å². The summed E-state index contributed by atoms with van der Waals surface area (Å²) >= 11 is 6.07. The number of hydrogen-bond donors (Lipinski definition) is 2. The summed E-state index contributed by atoms with van der Waals surface area (Å²) < 4.78 is 0. The first-order chi connectivity index (χ1) is 9.13. The predicted octanol–water partition coefficient (Wildman–Crippen LogP) is 1.75. The van der Waals surface area contributed by atoms with Crippen molar-refractivity contribution in [2.24, 2.45) is 5.92 Å². The fraction of sp³-hybridized carbons (Fsp3) is 0.500. The largest absolute Gasteiger partial charge is 0.399 e. The zero-order valence-corrected chi connectivity index (χ0v) is 11.5. The van der Waals surface area contributed by atoms with Crippen LogP contribution in [-0.2, 0) is 0 Å². The van der Waals surface area contributed by atoms with Crippen molar-refractivity contribution in [2.45, 2.75) is 18.9 Å². The topological polar surface area (TPSA) is 58.4 Å². The minimum absolute atomic E-state index is 0.0938. The molecule has 1 unspecified atom stereocenters. The Morgan fingerprint density at radius 2 is 2.11 bits per heavy atom. The number of nitrogens with one attached hydrogen (secondary N) is 1. The highest BCUT2D eigenvalue weighted by atomic mass is 35.5. The first kappa shape index (κ1) is 12.8. The third-order valence-electron chi connectivity index (χ3n) is 4.21. The van der Waals surface area contributed by atoms with Crippen LogP contribution in [0.25, 0.3) is 0 Å². The SMILES string of the molecule is Nc1ccc(C(=O)NC2CN3CCC2CC3)c(Cl)c1. The lowest BCUT2D eigenvalue weighted by atomic mass is 9.84. The molecule has 3 fully saturated rings. The van der Waals surface area contributed by atoms with Crippen molar-refractivity contribution in [3.05, 3.63) is 28.8 Å². The molecule has 4 rings (SSSR count). The van der Waals surface area contributed by atoms with Gasteiger partial charge in [-0.1, -0.05) is 11.6 Å². The van der Waals surface area contributed by atoms with Gasteiger partial charge in [0.25, 0.3) is 5.91 Å². The highest BCUT2D eigenvalue weighted by molar-refractivity contribution is 6.34. The molecule has 0 radical (unpaired) electrons. The Kier molecular flexibility index (Phi) is 3.37. The monoisotopic (exact) mass is 279 g/mol. The maximum Gasteiger partial charge on any atom is 0.253 e. The van der Waals surface area contributed by atoms with Gasteiger partial charge in [-0.05, 0) is 50.0 Å². The summed E-state index contributed by atoms with van der Waals surface area (Å²) in [6.45, 7) is 3.29. The van der Waals surface area contributed by atoms with Crippen molar-refractivity contribution in [3.8, 4) is 0 Å². The molecule has 1 aromatic rings. The van der Waals surface area contributed by atoms with E-state index in [0.29, 0.717) is 22.2 Å². The van der Waals surface area contributed by atoms with Gasteiger partial charge in [0.15, 0.2) is 0 Å². The lowest BCUT2D eigenvalue weighted by molar-refractivity contribution is 0.0620. The second-order valence-corrected chi connectivity index (χ2v) is 5.86. The van der Waals surface area contributed by atoms with E-state index in [1.54, 1.807) is 18.2 Å². The molecule has 102 valence electrons. The van der Waals surface area contributed by atoms with Gasteiger partial charge in [-0.25, -0.2) is 0 Å². The van der Waals surface area contributed by atoms with Gasteiger partial charge in [-0.15, -0.1) is 0 Å². The molecule has 1 atom stereocenters. The fourth-order valence-corrected chi connectivity index (χ4v) is 3.37. The van der Waals surface area contributed by atoms with Crippen LogP contribution >= 0.6 is 11.6 Å². The van der Waals surface area contributed by atoms with Gasteiger partial charge in [0.2, 0.25) is 0 Å². The average molecular weight is 280 g/mol. The Labute approximate surface area is 117 Å². The molecule has 3 heterocycles. The molecular weight excluding hydrogens is 262 g/mol. The molecular formula is C14H18ClN3O. The average Bonchev–Trinajstić information content (AvgIpc) is 2.39. The fourth-order valence-electron chi connectivity index (χ4n) is 3.09. The third kappa shape index (κ3) is 2.55. The summed E-state index contributed by atoms with van der Waals surface area (Å²) in [6.07, 6.45) is 2.36. The number of nitrogens with two attached hydrogens (primary N) is 1. The van der Waals surface area contributed by atoms with Crippen LogP contribution in [0.5, 0.6) is 0 Å². The van der Waals surface area contributed by atoms with E-state index >= 15 is 0 Å². The van der Waals surface area contributed by atoms with E-state index in [4.69, 9.17) is 17.3 Å². The number of benzene rings is 1. The van der Waals surface area contributed by atoms with E-state index < -0.39 is 0 Å². The van der Waals surface area contributed by atoms with E-state index in [2.05, 4.69) is 10.2 Å². The maximum absolute atomic E-state index is 12.3. The highest BCUT2D eigenvalue weighted by Gasteiger charge is 2.35. The van der Waals surface area contributed by atoms with Gasteiger partial charge < -0.3 is 16.0 Å². The number of halogens is 1. The van der Waals surface area contributed by atoms with Crippen molar-refractivity contribution in [2.75, 3.05) is 25.4 Å². The van der Waals surface area contributed by atoms with Crippen LogP contribution < -0.4 is 11.1 Å². The lowest BCUT2D eigenvalue weighted by Crippen LogP contribution is -2.57. The molecule has 1 amide bonds. The number of fused-ring (bicyclic) bond motifs is 3. The number of nitrogen functional groups attached to an aromatic ring is 1. The molecule has 4 nitrogen and oxygen atoms in total. The molecule has 0 aromatic heterocycles. The summed E-state index contributed by atoms with van der Waals surface area (Å²) in [5.74, 6) is 0.519. The van der Waals surface area contributed by atoms with Gasteiger partial charge in [-0.3, -0.25) is 4.79 Å². The van der Waals surface area contributed by atoms with Crippen molar-refractivity contribution in [3.63, 3.8) is 0 Å². The standard InChI is InChI=1S/C14H18ClN3O/c15-12-7-10(16)1-2-11(12)14(19)17-13-8-18-5-3-9(13)4-6-18/h1-2,7,9,13H,3-6,8,16H2,(H,17,19). The van der Waals surface area contributed by atoms with Crippen LogP contribution in [0, 0.1) is 5.92 Å². The van der Waals surface area contributed by atoms with E-state index in [9.17, 15) is 4.79 Å². The quantitative estimate of drug-likeness (QED) is 0.811. The molecule has 2 bridgehead atoms. The van der Waals surface area contributed by atoms with Crippen LogP contribution in [-0.4, -0.2) is 36.5 Å². The number of nitrogens with zero attached hydrogens (tertiary/aromatic N) is 1. The smallest absolute Gasteiger partial charge is 0.253 e. The maximum atomic E-state index is 12.3. The molecule has 1 aromatic carbocycles. The Morgan fingerprint density at radius 3 is 2.68 bits per heavy atom. The highest BCUT2D eigenvalue weighted by Crippen LogP contribution is 2.28. The van der Waals surface area contributed by atoms with Gasteiger partial charge >= 0.3 is 0 Å². The Hall–Kier alpha value is -1.26. The molecule has 0 spiro atoms. The summed E-state index contributed by atoms with van der Waals surface area (Å²) in [7, 11) is 0.